The Labute approximate surface area is 183 Å². The normalized spacial score (nSPS) is 15.9. The molecule has 0 saturated carbocycles. The summed E-state index contributed by atoms with van der Waals surface area (Å²) >= 11 is 3.64. The molecule has 2 heterocycles. The number of thioether (sulfide) groups is 2. The Hall–Kier alpha value is -1.40. The Morgan fingerprint density at radius 3 is 2.66 bits per heavy atom. The van der Waals surface area contributed by atoms with Crippen molar-refractivity contribution in [3.05, 3.63) is 30.5 Å². The van der Waals surface area contributed by atoms with Crippen molar-refractivity contribution in [1.29, 1.82) is 0 Å². The first-order valence-electron chi connectivity index (χ1n) is 10.7. The quantitative estimate of drug-likeness (QED) is 0.434. The minimum atomic E-state index is -0.404. The first kappa shape index (κ1) is 22.3. The minimum Gasteiger partial charge on any atom is -0.495 e. The molecule has 3 rings (SSSR count). The fraction of sp³-hybridized carbons (Fsp3) is 0.565. The van der Waals surface area contributed by atoms with E-state index in [0.717, 1.165) is 40.9 Å². The molecule has 0 radical (unpaired) electrons. The monoisotopic (exact) mass is 432 g/mol. The van der Waals surface area contributed by atoms with Crippen LogP contribution in [0.5, 0.6) is 5.75 Å². The fourth-order valence-electron chi connectivity index (χ4n) is 3.74. The van der Waals surface area contributed by atoms with Gasteiger partial charge in [-0.2, -0.15) is 0 Å². The summed E-state index contributed by atoms with van der Waals surface area (Å²) in [5.74, 6) is 2.87. The van der Waals surface area contributed by atoms with E-state index in [1.807, 2.05) is 47.8 Å². The lowest BCUT2D eigenvalue weighted by Crippen LogP contribution is -2.39. The van der Waals surface area contributed by atoms with Crippen LogP contribution in [-0.2, 0) is 4.79 Å². The van der Waals surface area contributed by atoms with E-state index in [0.29, 0.717) is 5.75 Å². The van der Waals surface area contributed by atoms with E-state index in [1.54, 1.807) is 13.3 Å². The molecule has 1 aromatic carbocycles. The molecule has 0 atom stereocenters. The maximum absolute atomic E-state index is 13.5. The zero-order valence-corrected chi connectivity index (χ0v) is 19.2. The number of aromatic nitrogens is 1. The second kappa shape index (κ2) is 11.1. The van der Waals surface area contributed by atoms with E-state index in [4.69, 9.17) is 4.74 Å². The van der Waals surface area contributed by atoms with Gasteiger partial charge in [0, 0.05) is 11.6 Å². The van der Waals surface area contributed by atoms with Gasteiger partial charge in [-0.25, -0.2) is 0 Å². The Kier molecular flexibility index (Phi) is 8.54. The number of hydrogen-bond donors (Lipinski definition) is 1. The Balaban J connectivity index is 1.76. The number of pyridine rings is 1. The van der Waals surface area contributed by atoms with Crippen molar-refractivity contribution >= 4 is 46.0 Å². The predicted octanol–water partition coefficient (Wildman–Crippen LogP) is 6.50. The van der Waals surface area contributed by atoms with Crippen molar-refractivity contribution in [2.75, 3.05) is 23.9 Å². The summed E-state index contributed by atoms with van der Waals surface area (Å²) in [4.78, 5) is 18.0. The molecular weight excluding hydrogens is 400 g/mol. The van der Waals surface area contributed by atoms with Gasteiger partial charge >= 0.3 is 0 Å². The van der Waals surface area contributed by atoms with E-state index in [2.05, 4.69) is 17.2 Å². The number of anilines is 1. The van der Waals surface area contributed by atoms with Crippen LogP contribution >= 0.6 is 23.5 Å². The van der Waals surface area contributed by atoms with Gasteiger partial charge in [0.2, 0.25) is 0 Å². The highest BCUT2D eigenvalue weighted by Gasteiger charge is 2.41. The number of carbonyl (C=O) groups excluding carboxylic acids is 1. The Morgan fingerprint density at radius 1 is 1.14 bits per heavy atom. The van der Waals surface area contributed by atoms with Gasteiger partial charge < -0.3 is 10.1 Å². The van der Waals surface area contributed by atoms with Gasteiger partial charge in [-0.1, -0.05) is 45.4 Å². The average molecular weight is 433 g/mol. The molecule has 4 nitrogen and oxygen atoms in total. The van der Waals surface area contributed by atoms with Gasteiger partial charge in [0.1, 0.15) is 9.83 Å². The number of nitrogens with zero attached hydrogens (tertiary/aromatic N) is 1. The second-order valence-corrected chi connectivity index (χ2v) is 10.5. The van der Waals surface area contributed by atoms with E-state index in [1.165, 1.54) is 38.5 Å². The topological polar surface area (TPSA) is 51.2 Å². The van der Waals surface area contributed by atoms with Gasteiger partial charge in [0.25, 0.3) is 5.91 Å². The number of unbranched alkanes of at least 4 members (excludes halogenated alkanes) is 5. The zero-order chi connectivity index (χ0) is 20.5. The van der Waals surface area contributed by atoms with Crippen LogP contribution < -0.4 is 10.1 Å². The number of carbonyl (C=O) groups is 1. The Bertz CT molecular complexity index is 807. The fourth-order valence-corrected chi connectivity index (χ4v) is 6.94. The molecular formula is C23H32N2O2S2. The van der Waals surface area contributed by atoms with Crippen LogP contribution in [0, 0.1) is 0 Å². The number of rotatable bonds is 10. The van der Waals surface area contributed by atoms with Crippen molar-refractivity contribution in [1.82, 2.24) is 4.98 Å². The van der Waals surface area contributed by atoms with Crippen molar-refractivity contribution in [2.24, 2.45) is 0 Å². The van der Waals surface area contributed by atoms with Crippen molar-refractivity contribution in [3.8, 4) is 5.75 Å². The molecule has 0 aliphatic carbocycles. The van der Waals surface area contributed by atoms with Crippen LogP contribution in [0.1, 0.15) is 58.3 Å². The summed E-state index contributed by atoms with van der Waals surface area (Å²) in [6.07, 6.45) is 11.3. The lowest BCUT2D eigenvalue weighted by Gasteiger charge is -2.35. The molecule has 1 N–H and O–H groups in total. The van der Waals surface area contributed by atoms with Crippen LogP contribution in [0.2, 0.25) is 0 Å². The summed E-state index contributed by atoms with van der Waals surface area (Å²) < 4.78 is 5.15. The standard InChI is InChI=1S/C23H32N2O2S2/c1-3-4-5-6-7-8-14-23(28-16-10-17-29-23)22(26)25-21-18-11-9-15-24-19(18)12-13-20(21)27-2/h9,11-13,15H,3-8,10,14,16-17H2,1-2H3,(H,25,26). The molecule has 0 spiro atoms. The van der Waals surface area contributed by atoms with E-state index >= 15 is 0 Å². The van der Waals surface area contributed by atoms with E-state index < -0.39 is 4.08 Å². The number of nitrogens with one attached hydrogen (secondary N) is 1. The molecule has 1 aliphatic heterocycles. The number of ether oxygens (including phenoxy) is 1. The molecule has 1 aromatic heterocycles. The summed E-state index contributed by atoms with van der Waals surface area (Å²) in [5.41, 5.74) is 1.59. The maximum atomic E-state index is 13.5. The van der Waals surface area contributed by atoms with Crippen LogP contribution in [0.3, 0.4) is 0 Å². The van der Waals surface area contributed by atoms with Crippen molar-refractivity contribution in [3.63, 3.8) is 0 Å². The van der Waals surface area contributed by atoms with E-state index in [9.17, 15) is 4.79 Å². The third-order valence-electron chi connectivity index (χ3n) is 5.37. The van der Waals surface area contributed by atoms with Crippen molar-refractivity contribution < 1.29 is 9.53 Å². The maximum Gasteiger partial charge on any atom is 0.250 e. The molecule has 29 heavy (non-hydrogen) atoms. The van der Waals surface area contributed by atoms with E-state index in [-0.39, 0.29) is 5.91 Å². The molecule has 1 fully saturated rings. The lowest BCUT2D eigenvalue weighted by atomic mass is 10.1. The predicted molar refractivity (Wildman–Crippen MR) is 127 cm³/mol. The van der Waals surface area contributed by atoms with Gasteiger partial charge in [-0.05, 0) is 48.6 Å². The summed E-state index contributed by atoms with van der Waals surface area (Å²) in [6.45, 7) is 2.24. The Morgan fingerprint density at radius 2 is 1.90 bits per heavy atom. The number of methoxy groups -OCH3 is 1. The smallest absolute Gasteiger partial charge is 0.250 e. The molecule has 1 amide bonds. The summed E-state index contributed by atoms with van der Waals surface area (Å²) in [5, 5.41) is 4.15. The van der Waals surface area contributed by atoms with Gasteiger partial charge in [0.15, 0.2) is 0 Å². The van der Waals surface area contributed by atoms with Crippen LogP contribution in [0.4, 0.5) is 5.69 Å². The highest BCUT2D eigenvalue weighted by molar-refractivity contribution is 8.19. The highest BCUT2D eigenvalue weighted by atomic mass is 32.2. The number of hydrogen-bond acceptors (Lipinski definition) is 5. The SMILES string of the molecule is CCCCCCCCC1(C(=O)Nc2c(OC)ccc3ncccc23)SCCCS1. The number of benzene rings is 1. The highest BCUT2D eigenvalue weighted by Crippen LogP contribution is 2.47. The average Bonchev–Trinajstić information content (AvgIpc) is 2.77. The minimum absolute atomic E-state index is 0.0930. The van der Waals surface area contributed by atoms with Crippen LogP contribution in [0.25, 0.3) is 10.9 Å². The second-order valence-electron chi connectivity index (χ2n) is 7.49. The molecule has 6 heteroatoms. The van der Waals surface area contributed by atoms with Crippen LogP contribution in [-0.4, -0.2) is 33.6 Å². The van der Waals surface area contributed by atoms with Gasteiger partial charge in [-0.3, -0.25) is 9.78 Å². The first-order valence-corrected chi connectivity index (χ1v) is 12.7. The van der Waals surface area contributed by atoms with Crippen LogP contribution in [0.15, 0.2) is 30.5 Å². The first-order chi connectivity index (χ1) is 14.2. The van der Waals surface area contributed by atoms with Gasteiger partial charge in [-0.15, -0.1) is 23.5 Å². The zero-order valence-electron chi connectivity index (χ0n) is 17.5. The third kappa shape index (κ3) is 5.60. The molecule has 0 unspecified atom stereocenters. The molecule has 158 valence electrons. The summed E-state index contributed by atoms with van der Waals surface area (Å²) in [6, 6.07) is 7.70. The molecule has 2 aromatic rings. The third-order valence-corrected chi connectivity index (χ3v) is 8.77. The molecule has 1 aliphatic rings. The molecule has 1 saturated heterocycles. The molecule has 0 bridgehead atoms. The largest absolute Gasteiger partial charge is 0.495 e. The number of amides is 1. The van der Waals surface area contributed by atoms with Crippen molar-refractivity contribution in [2.45, 2.75) is 62.4 Å². The van der Waals surface area contributed by atoms with Gasteiger partial charge in [0.05, 0.1) is 18.3 Å². The lowest BCUT2D eigenvalue weighted by molar-refractivity contribution is -0.116. The summed E-state index contributed by atoms with van der Waals surface area (Å²) in [7, 11) is 1.64. The number of fused-ring (bicyclic) bond motifs is 1.